The van der Waals surface area contributed by atoms with Crippen molar-refractivity contribution in [2.45, 2.75) is 6.92 Å². The Morgan fingerprint density at radius 2 is 1.76 bits per heavy atom. The van der Waals surface area contributed by atoms with Crippen molar-refractivity contribution in [3.05, 3.63) is 80.5 Å². The van der Waals surface area contributed by atoms with Crippen molar-refractivity contribution < 1.29 is 9.59 Å². The van der Waals surface area contributed by atoms with E-state index in [1.165, 1.54) is 11.3 Å². The molecule has 0 radical (unpaired) electrons. The van der Waals surface area contributed by atoms with Gasteiger partial charge in [0, 0.05) is 15.8 Å². The minimum Gasteiger partial charge on any atom is -0.322 e. The number of hydrogen-bond acceptors (Lipinski definition) is 3. The highest BCUT2D eigenvalue weighted by Crippen LogP contribution is 2.23. The average molecular weight is 415 g/mol. The Morgan fingerprint density at radius 3 is 2.44 bits per heavy atom. The lowest BCUT2D eigenvalue weighted by molar-refractivity contribution is 0.101. The average Bonchev–Trinajstić information content (AvgIpc) is 3.12. The highest BCUT2D eigenvalue weighted by Gasteiger charge is 2.12. The fraction of sp³-hybridized carbons (Fsp3) is 0.0526. The van der Waals surface area contributed by atoms with E-state index in [1.807, 2.05) is 42.6 Å². The molecule has 3 aromatic rings. The lowest BCUT2D eigenvalue weighted by Crippen LogP contribution is -2.14. The molecule has 25 heavy (non-hydrogen) atoms. The van der Waals surface area contributed by atoms with Crippen molar-refractivity contribution in [2.75, 3.05) is 10.6 Å². The molecule has 0 unspecified atom stereocenters. The summed E-state index contributed by atoms with van der Waals surface area (Å²) in [4.78, 5) is 25.1. The van der Waals surface area contributed by atoms with Gasteiger partial charge in [-0.3, -0.25) is 9.59 Å². The third-order valence-corrected chi connectivity index (χ3v) is 5.16. The molecule has 0 saturated heterocycles. The summed E-state index contributed by atoms with van der Waals surface area (Å²) in [7, 11) is 0. The Balaban J connectivity index is 1.73. The second-order valence-electron chi connectivity index (χ2n) is 5.40. The summed E-state index contributed by atoms with van der Waals surface area (Å²) in [6, 6.07) is 16.3. The van der Waals surface area contributed by atoms with E-state index in [0.717, 1.165) is 15.7 Å². The predicted molar refractivity (Wildman–Crippen MR) is 106 cm³/mol. The molecule has 1 heterocycles. The zero-order chi connectivity index (χ0) is 17.8. The summed E-state index contributed by atoms with van der Waals surface area (Å²) in [6.07, 6.45) is 0. The van der Waals surface area contributed by atoms with E-state index in [9.17, 15) is 9.59 Å². The molecule has 3 rings (SSSR count). The molecule has 0 atom stereocenters. The quantitative estimate of drug-likeness (QED) is 0.606. The molecule has 2 aromatic carbocycles. The van der Waals surface area contributed by atoms with E-state index in [0.29, 0.717) is 16.1 Å². The Labute approximate surface area is 158 Å². The Bertz CT molecular complexity index is 923. The standard InChI is InChI=1S/C19H15BrN2O2S/c1-12-11-13(21-18(23)14-5-2-3-6-15(14)20)8-9-16(12)22-19(24)17-7-4-10-25-17/h2-11H,1H3,(H,21,23)(H,22,24). The number of carbonyl (C=O) groups excluding carboxylic acids is 2. The molecule has 0 aliphatic rings. The van der Waals surface area contributed by atoms with Gasteiger partial charge in [0.15, 0.2) is 0 Å². The topological polar surface area (TPSA) is 58.2 Å². The maximum absolute atomic E-state index is 12.4. The van der Waals surface area contributed by atoms with Crippen molar-refractivity contribution >= 4 is 50.5 Å². The van der Waals surface area contributed by atoms with E-state index >= 15 is 0 Å². The van der Waals surface area contributed by atoms with Crippen LogP contribution in [-0.2, 0) is 0 Å². The van der Waals surface area contributed by atoms with Gasteiger partial charge in [-0.1, -0.05) is 18.2 Å². The molecular formula is C19H15BrN2O2S. The number of nitrogens with one attached hydrogen (secondary N) is 2. The summed E-state index contributed by atoms with van der Waals surface area (Å²) in [5, 5.41) is 7.62. The molecule has 1 aromatic heterocycles. The molecule has 6 heteroatoms. The van der Waals surface area contributed by atoms with Gasteiger partial charge >= 0.3 is 0 Å². The molecule has 0 aliphatic carbocycles. The van der Waals surface area contributed by atoms with Gasteiger partial charge in [-0.2, -0.15) is 0 Å². The van der Waals surface area contributed by atoms with Crippen molar-refractivity contribution in [3.63, 3.8) is 0 Å². The molecule has 4 nitrogen and oxygen atoms in total. The van der Waals surface area contributed by atoms with Crippen LogP contribution in [0.1, 0.15) is 25.6 Å². The van der Waals surface area contributed by atoms with Gasteiger partial charge in [-0.05, 0) is 70.2 Å². The van der Waals surface area contributed by atoms with Crippen LogP contribution in [0.3, 0.4) is 0 Å². The molecule has 126 valence electrons. The van der Waals surface area contributed by atoms with E-state index in [2.05, 4.69) is 26.6 Å². The van der Waals surface area contributed by atoms with Gasteiger partial charge in [0.05, 0.1) is 10.4 Å². The van der Waals surface area contributed by atoms with Crippen LogP contribution in [0.25, 0.3) is 0 Å². The van der Waals surface area contributed by atoms with Crippen LogP contribution in [-0.4, -0.2) is 11.8 Å². The van der Waals surface area contributed by atoms with Gasteiger partial charge < -0.3 is 10.6 Å². The van der Waals surface area contributed by atoms with Crippen LogP contribution < -0.4 is 10.6 Å². The first-order valence-electron chi connectivity index (χ1n) is 7.56. The zero-order valence-electron chi connectivity index (χ0n) is 13.4. The normalized spacial score (nSPS) is 10.3. The number of anilines is 2. The smallest absolute Gasteiger partial charge is 0.265 e. The first kappa shape index (κ1) is 17.4. The predicted octanol–water partition coefficient (Wildman–Crippen LogP) is 5.32. The fourth-order valence-corrected chi connectivity index (χ4v) is 3.40. The minimum atomic E-state index is -0.192. The number of halogens is 1. The third-order valence-electron chi connectivity index (χ3n) is 3.60. The SMILES string of the molecule is Cc1cc(NC(=O)c2ccccc2Br)ccc1NC(=O)c1cccs1. The highest BCUT2D eigenvalue weighted by molar-refractivity contribution is 9.10. The van der Waals surface area contributed by atoms with E-state index in [4.69, 9.17) is 0 Å². The molecular weight excluding hydrogens is 400 g/mol. The van der Waals surface area contributed by atoms with Crippen LogP contribution in [0.2, 0.25) is 0 Å². The summed E-state index contributed by atoms with van der Waals surface area (Å²) in [5.41, 5.74) is 2.83. The van der Waals surface area contributed by atoms with Crippen LogP contribution in [0.5, 0.6) is 0 Å². The van der Waals surface area contributed by atoms with Crippen LogP contribution in [0, 0.1) is 6.92 Å². The van der Waals surface area contributed by atoms with Crippen molar-refractivity contribution in [3.8, 4) is 0 Å². The maximum atomic E-state index is 12.4. The molecule has 2 amide bonds. The first-order valence-corrected chi connectivity index (χ1v) is 9.23. The minimum absolute atomic E-state index is 0.136. The summed E-state index contributed by atoms with van der Waals surface area (Å²) < 4.78 is 0.740. The Kier molecular flexibility index (Phi) is 5.31. The molecule has 2 N–H and O–H groups in total. The van der Waals surface area contributed by atoms with Gasteiger partial charge in [-0.15, -0.1) is 11.3 Å². The number of rotatable bonds is 4. The second kappa shape index (κ2) is 7.63. The van der Waals surface area contributed by atoms with Crippen LogP contribution in [0.4, 0.5) is 11.4 Å². The van der Waals surface area contributed by atoms with Gasteiger partial charge in [0.1, 0.15) is 0 Å². The lowest BCUT2D eigenvalue weighted by atomic mass is 10.1. The Morgan fingerprint density at radius 1 is 0.960 bits per heavy atom. The van der Waals surface area contributed by atoms with Gasteiger partial charge in [0.25, 0.3) is 11.8 Å². The molecule has 0 bridgehead atoms. The number of hydrogen-bond donors (Lipinski definition) is 2. The highest BCUT2D eigenvalue weighted by atomic mass is 79.9. The van der Waals surface area contributed by atoms with Crippen LogP contribution >= 0.6 is 27.3 Å². The summed E-state index contributed by atoms with van der Waals surface area (Å²) >= 11 is 4.77. The number of aryl methyl sites for hydroxylation is 1. The third kappa shape index (κ3) is 4.15. The summed E-state index contributed by atoms with van der Waals surface area (Å²) in [6.45, 7) is 1.89. The second-order valence-corrected chi connectivity index (χ2v) is 7.20. The zero-order valence-corrected chi connectivity index (χ0v) is 15.8. The molecule has 0 fully saturated rings. The van der Waals surface area contributed by atoms with E-state index in [1.54, 1.807) is 24.3 Å². The van der Waals surface area contributed by atoms with Gasteiger partial charge in [-0.25, -0.2) is 0 Å². The lowest BCUT2D eigenvalue weighted by Gasteiger charge is -2.11. The largest absolute Gasteiger partial charge is 0.322 e. The Hall–Kier alpha value is -2.44. The van der Waals surface area contributed by atoms with Crippen molar-refractivity contribution in [2.24, 2.45) is 0 Å². The van der Waals surface area contributed by atoms with Crippen molar-refractivity contribution in [1.82, 2.24) is 0 Å². The maximum Gasteiger partial charge on any atom is 0.265 e. The number of carbonyl (C=O) groups is 2. The van der Waals surface area contributed by atoms with E-state index < -0.39 is 0 Å². The van der Waals surface area contributed by atoms with Gasteiger partial charge in [0.2, 0.25) is 0 Å². The monoisotopic (exact) mass is 414 g/mol. The fourth-order valence-electron chi connectivity index (χ4n) is 2.32. The van der Waals surface area contributed by atoms with Crippen LogP contribution in [0.15, 0.2) is 64.5 Å². The van der Waals surface area contributed by atoms with Crippen molar-refractivity contribution in [1.29, 1.82) is 0 Å². The molecule has 0 saturated carbocycles. The molecule has 0 spiro atoms. The summed E-state index contributed by atoms with van der Waals surface area (Å²) in [5.74, 6) is -0.328. The number of amides is 2. The van der Waals surface area contributed by atoms with E-state index in [-0.39, 0.29) is 11.8 Å². The number of benzene rings is 2. The first-order chi connectivity index (χ1) is 12.0. The number of thiophene rings is 1. The molecule has 0 aliphatic heterocycles.